The number of fused-ring (bicyclic) bond motifs is 1. The van der Waals surface area contributed by atoms with Gasteiger partial charge in [-0.25, -0.2) is 4.79 Å². The highest BCUT2D eigenvalue weighted by atomic mass is 28.4. The van der Waals surface area contributed by atoms with Crippen LogP contribution in [0.4, 0.5) is 0 Å². The van der Waals surface area contributed by atoms with Crippen LogP contribution < -0.4 is 23.3 Å². The van der Waals surface area contributed by atoms with Crippen molar-refractivity contribution in [1.82, 2.24) is 10.2 Å². The lowest BCUT2D eigenvalue weighted by Gasteiger charge is -2.42. The van der Waals surface area contributed by atoms with E-state index in [1.165, 1.54) is 6.07 Å². The van der Waals surface area contributed by atoms with E-state index in [0.717, 1.165) is 4.90 Å². The molecule has 1 saturated heterocycles. The number of amides is 4. The lowest BCUT2D eigenvalue weighted by molar-refractivity contribution is -0.136. The van der Waals surface area contributed by atoms with Crippen LogP contribution in [0.5, 0.6) is 23.0 Å². The molecule has 4 rings (SSSR count). The molecule has 2 aliphatic heterocycles. The Morgan fingerprint density at radius 3 is 1.70 bits per heavy atom. The summed E-state index contributed by atoms with van der Waals surface area (Å²) in [7, 11) is -7.54. The Hall–Kier alpha value is -4.08. The molecule has 4 amide bonds. The topological polar surface area (TPSA) is 185 Å². The number of rotatable bonds is 21. The Balaban J connectivity index is 1.37. The molecule has 64 heavy (non-hydrogen) atoms. The maximum absolute atomic E-state index is 13.3. The van der Waals surface area contributed by atoms with Crippen molar-refractivity contribution in [3.05, 3.63) is 46.5 Å². The summed E-state index contributed by atoms with van der Waals surface area (Å²) in [6.07, 6.45) is 0.346. The first-order valence-corrected chi connectivity index (χ1v) is 30.8. The minimum Gasteiger partial charge on any atom is -0.541 e. The number of imide groups is 2. The minimum absolute atomic E-state index is 0.0311. The lowest BCUT2D eigenvalue weighted by Crippen LogP contribution is -2.54. The fraction of sp³-hybridized carbons (Fsp3) is 0.630. The summed E-state index contributed by atoms with van der Waals surface area (Å²) in [5.74, 6) is -1.95. The molecule has 0 aromatic heterocycles. The van der Waals surface area contributed by atoms with Crippen molar-refractivity contribution in [1.29, 1.82) is 0 Å². The zero-order chi connectivity index (χ0) is 48.2. The van der Waals surface area contributed by atoms with Crippen molar-refractivity contribution in [2.24, 2.45) is 0 Å². The van der Waals surface area contributed by atoms with Gasteiger partial charge in [-0.1, -0.05) is 68.4 Å². The van der Waals surface area contributed by atoms with Crippen LogP contribution in [0.25, 0.3) is 0 Å². The first kappa shape index (κ1) is 52.5. The minimum atomic E-state index is -2.56. The number of carbonyl (C=O) groups excluding carboxylic acids is 4. The second kappa shape index (κ2) is 20.2. The number of hydrogen-bond donors (Lipinski definition) is 2. The first-order valence-electron chi connectivity index (χ1n) is 22.1. The van der Waals surface area contributed by atoms with Crippen LogP contribution in [0, 0.1) is 0 Å². The number of benzene rings is 2. The highest BCUT2D eigenvalue weighted by Gasteiger charge is 2.48. The van der Waals surface area contributed by atoms with Gasteiger partial charge in [0.1, 0.15) is 24.1 Å². The van der Waals surface area contributed by atoms with Gasteiger partial charge < -0.3 is 37.3 Å². The summed E-state index contributed by atoms with van der Waals surface area (Å²) in [6, 6.07) is 5.24. The molecular weight excluding hydrogens is 873 g/mol. The maximum atomic E-state index is 13.3. The molecule has 1 atom stereocenters. The predicted molar refractivity (Wildman–Crippen MR) is 252 cm³/mol. The summed E-state index contributed by atoms with van der Waals surface area (Å²) >= 11 is 0. The highest BCUT2D eigenvalue weighted by molar-refractivity contribution is 6.76. The van der Waals surface area contributed by atoms with Crippen LogP contribution in [0.3, 0.4) is 0 Å². The van der Waals surface area contributed by atoms with E-state index in [1.54, 1.807) is 18.2 Å². The Labute approximate surface area is 382 Å². The predicted octanol–water partition coefficient (Wildman–Crippen LogP) is 8.61. The first-order chi connectivity index (χ1) is 29.4. The monoisotopic (exact) mass is 944 g/mol. The molecule has 2 aliphatic rings. The third-order valence-corrected chi connectivity index (χ3v) is 26.2. The number of carboxylic acids is 1. The molecule has 2 aromatic rings. The summed E-state index contributed by atoms with van der Waals surface area (Å²) in [5, 5.41) is 12.4. The average Bonchev–Trinajstić information content (AvgIpc) is 3.41. The van der Waals surface area contributed by atoms with Crippen molar-refractivity contribution in [2.75, 3.05) is 46.2 Å². The number of nitrogens with one attached hydrogen (secondary N) is 1. The summed E-state index contributed by atoms with van der Waals surface area (Å²) in [4.78, 5) is 64.4. The van der Waals surface area contributed by atoms with E-state index in [9.17, 15) is 29.1 Å². The Bertz CT molecular complexity index is 2070. The van der Waals surface area contributed by atoms with Crippen LogP contribution in [-0.4, -0.2) is 117 Å². The lowest BCUT2D eigenvalue weighted by atomic mass is 10.0. The number of ether oxygens (including phenoxy) is 4. The third kappa shape index (κ3) is 12.2. The summed E-state index contributed by atoms with van der Waals surface area (Å²) < 4.78 is 44.4. The molecule has 2 heterocycles. The van der Waals surface area contributed by atoms with Crippen molar-refractivity contribution in [3.63, 3.8) is 0 Å². The fourth-order valence-electron chi connectivity index (χ4n) is 6.15. The van der Waals surface area contributed by atoms with Gasteiger partial charge in [-0.2, -0.15) is 0 Å². The van der Waals surface area contributed by atoms with E-state index in [-0.39, 0.29) is 103 Å². The van der Waals surface area contributed by atoms with Crippen molar-refractivity contribution in [2.45, 2.75) is 142 Å². The van der Waals surface area contributed by atoms with Gasteiger partial charge in [0.25, 0.3) is 36.8 Å². The molecule has 0 aliphatic carbocycles. The molecule has 1 fully saturated rings. The molecule has 0 spiro atoms. The molecule has 2 N–H and O–H groups in total. The van der Waals surface area contributed by atoms with Crippen LogP contribution in [-0.2, 0) is 30.2 Å². The van der Waals surface area contributed by atoms with Gasteiger partial charge in [-0.15, -0.1) is 0 Å². The third-order valence-electron chi connectivity index (χ3n) is 13.2. The molecule has 0 bridgehead atoms. The van der Waals surface area contributed by atoms with Crippen LogP contribution in [0.2, 0.25) is 54.4 Å². The number of nitrogens with zero attached hydrogens (tertiary/aromatic N) is 1. The van der Waals surface area contributed by atoms with E-state index in [2.05, 4.69) is 107 Å². The van der Waals surface area contributed by atoms with Gasteiger partial charge in [0.2, 0.25) is 11.8 Å². The van der Waals surface area contributed by atoms with Crippen LogP contribution >= 0.6 is 0 Å². The Kier molecular flexibility index (Phi) is 16.6. The summed E-state index contributed by atoms with van der Waals surface area (Å²) in [6.45, 7) is 33.8. The fourth-order valence-corrected chi connectivity index (χ4v) is 9.20. The second-order valence-corrected chi connectivity index (χ2v) is 35.2. The molecule has 0 saturated carbocycles. The largest absolute Gasteiger partial charge is 0.541 e. The van der Waals surface area contributed by atoms with Crippen molar-refractivity contribution < 1.29 is 61.3 Å². The van der Waals surface area contributed by atoms with Gasteiger partial charge in [0.15, 0.2) is 11.5 Å². The molecule has 1 unspecified atom stereocenters. The van der Waals surface area contributed by atoms with E-state index < -0.39 is 60.6 Å². The van der Waals surface area contributed by atoms with Gasteiger partial charge in [-0.3, -0.25) is 29.4 Å². The molecule has 2 aromatic carbocycles. The van der Waals surface area contributed by atoms with Crippen molar-refractivity contribution in [3.8, 4) is 23.0 Å². The number of hydrogen-bond acceptors (Lipinski definition) is 12. The molecule has 18 heteroatoms. The average molecular weight is 945 g/mol. The number of carboxylic acid groups (broad SMARTS) is 1. The van der Waals surface area contributed by atoms with E-state index in [0.29, 0.717) is 22.8 Å². The number of carbonyl (C=O) groups is 5. The van der Waals surface area contributed by atoms with Crippen LogP contribution in [0.15, 0.2) is 24.3 Å². The van der Waals surface area contributed by atoms with Gasteiger partial charge in [0.05, 0.1) is 56.3 Å². The van der Waals surface area contributed by atoms with Gasteiger partial charge in [-0.05, 0) is 79.0 Å². The molecule has 0 radical (unpaired) electrons. The number of piperidine rings is 1. The normalized spacial score (nSPS) is 16.5. The second-order valence-electron chi connectivity index (χ2n) is 21.0. The highest BCUT2D eigenvalue weighted by Crippen LogP contribution is 2.52. The molecular formula is C46H72N2O13Si3. The van der Waals surface area contributed by atoms with E-state index in [1.807, 2.05) is 0 Å². The summed E-state index contributed by atoms with van der Waals surface area (Å²) in [5.41, 5.74) is 0.813. The molecule has 356 valence electrons. The number of aromatic carboxylic acids is 1. The maximum Gasteiger partial charge on any atom is 0.336 e. The van der Waals surface area contributed by atoms with Crippen LogP contribution in [0.1, 0.15) is 112 Å². The van der Waals surface area contributed by atoms with Gasteiger partial charge >= 0.3 is 5.97 Å². The Morgan fingerprint density at radius 2 is 1.19 bits per heavy atom. The Morgan fingerprint density at radius 1 is 0.688 bits per heavy atom. The van der Waals surface area contributed by atoms with E-state index >= 15 is 0 Å². The zero-order valence-corrected chi connectivity index (χ0v) is 43.8. The quantitative estimate of drug-likeness (QED) is 0.0689. The zero-order valence-electron chi connectivity index (χ0n) is 40.8. The van der Waals surface area contributed by atoms with E-state index in [4.69, 9.17) is 32.2 Å². The van der Waals surface area contributed by atoms with Crippen molar-refractivity contribution >= 4 is 54.6 Å². The smallest absolute Gasteiger partial charge is 0.336 e. The molecule has 15 nitrogen and oxygen atoms in total. The van der Waals surface area contributed by atoms with Gasteiger partial charge in [0, 0.05) is 18.4 Å². The SMILES string of the molecule is CC(C)(C)[Si](C)(C)Oc1cc(C(=O)O)c(CCOCCOCCOCCOc2cccc3c2C(=O)N(C2CCC(=O)NC2=O)C3=O)c(O[Si](C)(C)C(C)(C)C)c1O[Si](C)(C)C(C)(C)C. The standard InChI is InChI=1S/C46H72N2O13Si3/c1-44(2,3)62(10,11)59-35-29-32(43(53)54)30(38(60-63(12,13)45(4,5)6)39(35)61-64(14,15)46(7,8)9)21-22-55-23-24-56-25-26-57-27-28-58-34-18-16-17-31-37(34)42(52)48(41(31)51)33-19-20-36(49)47-40(33)50/h16-18,29,33H,19-28H2,1-15H3,(H,53,54)(H,47,49,50).